The minimum Gasteiger partial charge on any atom is -0.397 e. The first-order valence-electron chi connectivity index (χ1n) is 4.06. The molecule has 2 aromatic rings. The SMILES string of the molecule is Nc1cc(F)c(Cl)cc1-n1cccc1. The van der Waals surface area contributed by atoms with E-state index in [0.717, 1.165) is 0 Å². The molecule has 4 heteroatoms. The van der Waals surface area contributed by atoms with E-state index in [1.807, 2.05) is 24.5 Å². The van der Waals surface area contributed by atoms with Crippen LogP contribution in [-0.4, -0.2) is 4.57 Å². The minimum atomic E-state index is -0.500. The van der Waals surface area contributed by atoms with Gasteiger partial charge >= 0.3 is 0 Å². The van der Waals surface area contributed by atoms with Crippen LogP contribution in [-0.2, 0) is 0 Å². The fourth-order valence-electron chi connectivity index (χ4n) is 1.27. The van der Waals surface area contributed by atoms with Gasteiger partial charge in [-0.15, -0.1) is 0 Å². The second-order valence-electron chi connectivity index (χ2n) is 2.92. The van der Waals surface area contributed by atoms with Crippen molar-refractivity contribution in [3.8, 4) is 5.69 Å². The van der Waals surface area contributed by atoms with Crippen LogP contribution in [0.3, 0.4) is 0 Å². The van der Waals surface area contributed by atoms with Crippen molar-refractivity contribution >= 4 is 17.3 Å². The Morgan fingerprint density at radius 2 is 1.86 bits per heavy atom. The van der Waals surface area contributed by atoms with E-state index < -0.39 is 5.82 Å². The Morgan fingerprint density at radius 3 is 2.50 bits per heavy atom. The first kappa shape index (κ1) is 9.09. The molecule has 1 aromatic carbocycles. The van der Waals surface area contributed by atoms with E-state index in [0.29, 0.717) is 11.4 Å². The topological polar surface area (TPSA) is 30.9 Å². The van der Waals surface area contributed by atoms with Crippen molar-refractivity contribution in [1.82, 2.24) is 4.57 Å². The molecule has 0 saturated carbocycles. The maximum atomic E-state index is 13.0. The molecule has 0 spiro atoms. The molecule has 0 fully saturated rings. The van der Waals surface area contributed by atoms with Crippen molar-refractivity contribution in [2.75, 3.05) is 5.73 Å². The van der Waals surface area contributed by atoms with Gasteiger partial charge in [-0.25, -0.2) is 4.39 Å². The van der Waals surface area contributed by atoms with Crippen LogP contribution < -0.4 is 5.73 Å². The van der Waals surface area contributed by atoms with E-state index in [1.54, 1.807) is 4.57 Å². The highest BCUT2D eigenvalue weighted by molar-refractivity contribution is 6.31. The zero-order valence-electron chi connectivity index (χ0n) is 7.24. The Labute approximate surface area is 85.7 Å². The maximum Gasteiger partial charge on any atom is 0.143 e. The molecule has 1 heterocycles. The molecular weight excluding hydrogens is 203 g/mol. The van der Waals surface area contributed by atoms with Crippen LogP contribution in [0.25, 0.3) is 5.69 Å². The van der Waals surface area contributed by atoms with Gasteiger partial charge in [-0.05, 0) is 18.2 Å². The zero-order chi connectivity index (χ0) is 10.1. The number of hydrogen-bond donors (Lipinski definition) is 1. The van der Waals surface area contributed by atoms with Crippen LogP contribution in [0.2, 0.25) is 5.02 Å². The Balaban J connectivity index is 2.60. The molecule has 14 heavy (non-hydrogen) atoms. The zero-order valence-corrected chi connectivity index (χ0v) is 8.00. The number of hydrogen-bond acceptors (Lipinski definition) is 1. The van der Waals surface area contributed by atoms with E-state index >= 15 is 0 Å². The summed E-state index contributed by atoms with van der Waals surface area (Å²) in [5.74, 6) is -0.500. The van der Waals surface area contributed by atoms with Crippen LogP contribution in [0, 0.1) is 5.82 Å². The van der Waals surface area contributed by atoms with Crippen molar-refractivity contribution in [3.05, 3.63) is 47.5 Å². The number of halogens is 2. The highest BCUT2D eigenvalue weighted by Crippen LogP contribution is 2.24. The van der Waals surface area contributed by atoms with Crippen LogP contribution in [0.1, 0.15) is 0 Å². The molecule has 0 unspecified atom stereocenters. The fourth-order valence-corrected chi connectivity index (χ4v) is 1.43. The molecule has 72 valence electrons. The van der Waals surface area contributed by atoms with E-state index in [4.69, 9.17) is 17.3 Å². The highest BCUT2D eigenvalue weighted by atomic mass is 35.5. The van der Waals surface area contributed by atoms with E-state index in [1.165, 1.54) is 12.1 Å². The Hall–Kier alpha value is -1.48. The van der Waals surface area contributed by atoms with Gasteiger partial charge in [0.2, 0.25) is 0 Å². The van der Waals surface area contributed by atoms with Crippen molar-refractivity contribution in [3.63, 3.8) is 0 Å². The number of nitrogens with two attached hydrogens (primary N) is 1. The van der Waals surface area contributed by atoms with Gasteiger partial charge in [-0.2, -0.15) is 0 Å². The predicted octanol–water partition coefficient (Wildman–Crippen LogP) is 2.85. The average molecular weight is 211 g/mol. The van der Waals surface area contributed by atoms with Gasteiger partial charge in [0.05, 0.1) is 16.4 Å². The number of anilines is 1. The smallest absolute Gasteiger partial charge is 0.143 e. The highest BCUT2D eigenvalue weighted by Gasteiger charge is 2.06. The average Bonchev–Trinajstić information content (AvgIpc) is 2.64. The molecular formula is C10H8ClFN2. The molecule has 0 radical (unpaired) electrons. The third-order valence-corrected chi connectivity index (χ3v) is 2.24. The molecule has 0 aliphatic carbocycles. The molecule has 2 rings (SSSR count). The van der Waals surface area contributed by atoms with E-state index in [2.05, 4.69) is 0 Å². The lowest BCUT2D eigenvalue weighted by atomic mass is 10.2. The summed E-state index contributed by atoms with van der Waals surface area (Å²) in [5.41, 5.74) is 6.71. The summed E-state index contributed by atoms with van der Waals surface area (Å²) in [4.78, 5) is 0. The summed E-state index contributed by atoms with van der Waals surface area (Å²) in [6, 6.07) is 6.44. The van der Waals surface area contributed by atoms with Crippen LogP contribution in [0.15, 0.2) is 36.7 Å². The molecule has 2 nitrogen and oxygen atoms in total. The van der Waals surface area contributed by atoms with Gasteiger partial charge in [0.25, 0.3) is 0 Å². The standard InChI is InChI=1S/C10H8ClFN2/c11-7-5-10(9(13)6-8(7)12)14-3-1-2-4-14/h1-6H,13H2. The number of aromatic nitrogens is 1. The lowest BCUT2D eigenvalue weighted by molar-refractivity contribution is 0.628. The van der Waals surface area contributed by atoms with E-state index in [-0.39, 0.29) is 5.02 Å². The van der Waals surface area contributed by atoms with Gasteiger partial charge in [0.15, 0.2) is 0 Å². The molecule has 1 aromatic heterocycles. The van der Waals surface area contributed by atoms with E-state index in [9.17, 15) is 4.39 Å². The summed E-state index contributed by atoms with van der Waals surface area (Å²) < 4.78 is 14.8. The van der Waals surface area contributed by atoms with Crippen LogP contribution in [0.5, 0.6) is 0 Å². The Morgan fingerprint density at radius 1 is 1.21 bits per heavy atom. The lowest BCUT2D eigenvalue weighted by Crippen LogP contribution is -1.98. The van der Waals surface area contributed by atoms with Crippen molar-refractivity contribution < 1.29 is 4.39 Å². The third kappa shape index (κ3) is 1.46. The van der Waals surface area contributed by atoms with Crippen molar-refractivity contribution in [2.45, 2.75) is 0 Å². The first-order chi connectivity index (χ1) is 6.68. The molecule has 0 atom stereocenters. The number of benzene rings is 1. The van der Waals surface area contributed by atoms with Gasteiger partial charge < -0.3 is 10.3 Å². The molecule has 0 amide bonds. The number of nitrogens with zero attached hydrogens (tertiary/aromatic N) is 1. The third-order valence-electron chi connectivity index (χ3n) is 1.95. The molecule has 0 saturated heterocycles. The van der Waals surface area contributed by atoms with Crippen LogP contribution >= 0.6 is 11.6 Å². The van der Waals surface area contributed by atoms with Gasteiger partial charge in [0, 0.05) is 18.5 Å². The molecule has 2 N–H and O–H groups in total. The summed E-state index contributed by atoms with van der Waals surface area (Å²) in [6.45, 7) is 0. The monoisotopic (exact) mass is 210 g/mol. The summed E-state index contributed by atoms with van der Waals surface area (Å²) in [6.07, 6.45) is 3.64. The maximum absolute atomic E-state index is 13.0. The molecule has 0 bridgehead atoms. The normalized spacial score (nSPS) is 10.4. The summed E-state index contributed by atoms with van der Waals surface area (Å²) in [5, 5.41) is 0.0721. The van der Waals surface area contributed by atoms with Crippen molar-refractivity contribution in [1.29, 1.82) is 0 Å². The summed E-state index contributed by atoms with van der Waals surface area (Å²) >= 11 is 5.66. The van der Waals surface area contributed by atoms with Gasteiger partial charge in [-0.1, -0.05) is 11.6 Å². The van der Waals surface area contributed by atoms with Gasteiger partial charge in [0.1, 0.15) is 5.82 Å². The molecule has 0 aliphatic rings. The minimum absolute atomic E-state index is 0.0721. The lowest BCUT2D eigenvalue weighted by Gasteiger charge is -2.07. The Bertz CT molecular complexity index is 451. The number of nitrogen functional groups attached to an aromatic ring is 1. The second-order valence-corrected chi connectivity index (χ2v) is 3.32. The fraction of sp³-hybridized carbons (Fsp3) is 0. The predicted molar refractivity (Wildman–Crippen MR) is 55.1 cm³/mol. The largest absolute Gasteiger partial charge is 0.397 e. The second kappa shape index (κ2) is 3.35. The van der Waals surface area contributed by atoms with Crippen LogP contribution in [0.4, 0.5) is 10.1 Å². The quantitative estimate of drug-likeness (QED) is 0.721. The number of rotatable bonds is 1. The van der Waals surface area contributed by atoms with Crippen molar-refractivity contribution in [2.24, 2.45) is 0 Å². The summed E-state index contributed by atoms with van der Waals surface area (Å²) in [7, 11) is 0. The first-order valence-corrected chi connectivity index (χ1v) is 4.44. The Kier molecular flexibility index (Phi) is 2.17. The van der Waals surface area contributed by atoms with Gasteiger partial charge in [-0.3, -0.25) is 0 Å². The molecule has 0 aliphatic heterocycles.